The van der Waals surface area contributed by atoms with Gasteiger partial charge >= 0.3 is 0 Å². The fourth-order valence-electron chi connectivity index (χ4n) is 0.889. The highest BCUT2D eigenvalue weighted by Crippen LogP contribution is 2.19. The Morgan fingerprint density at radius 2 is 1.38 bits per heavy atom. The third kappa shape index (κ3) is 2.63. The van der Waals surface area contributed by atoms with E-state index in [9.17, 15) is 13.5 Å². The average molecular weight is 218 g/mol. The Morgan fingerprint density at radius 1 is 1.00 bits per heavy atom. The first-order valence-electron chi connectivity index (χ1n) is 3.51. The van der Waals surface area contributed by atoms with Crippen LogP contribution in [0.2, 0.25) is 0 Å². The number of hydrogen-bond donors (Lipinski definition) is 1. The Hall–Kier alpha value is -0.680. The van der Waals surface area contributed by atoms with Crippen LogP contribution in [0.15, 0.2) is 28.0 Å². The molecule has 0 amide bonds. The maximum absolute atomic E-state index is 11.1. The van der Waals surface area contributed by atoms with Crippen molar-refractivity contribution >= 4 is 21.6 Å². The zero-order chi connectivity index (χ0) is 10.0. The number of rotatable bonds is 2. The van der Waals surface area contributed by atoms with Gasteiger partial charge < -0.3 is 5.11 Å². The molecule has 2 atom stereocenters. The molecule has 0 aromatic heterocycles. The first-order chi connectivity index (χ1) is 6.00. The zero-order valence-corrected chi connectivity index (χ0v) is 8.95. The highest BCUT2D eigenvalue weighted by Gasteiger charge is 2.05. The van der Waals surface area contributed by atoms with Gasteiger partial charge in [-0.15, -0.1) is 0 Å². The van der Waals surface area contributed by atoms with Crippen molar-refractivity contribution in [2.24, 2.45) is 0 Å². The summed E-state index contributed by atoms with van der Waals surface area (Å²) in [5.74, 6) is -0.00194. The molecule has 0 saturated carbocycles. The van der Waals surface area contributed by atoms with Crippen molar-refractivity contribution in [3.63, 3.8) is 0 Å². The summed E-state index contributed by atoms with van der Waals surface area (Å²) in [5, 5.41) is 9.22. The Kier molecular flexibility index (Phi) is 3.22. The number of hydrogen-bond acceptors (Lipinski definition) is 3. The standard InChI is InChI=1S/C8H10O3S2/c1-12(10)7-3-6(9)4-8(5-7)13(2)11/h3-5,9H,1-2H3/t12-,13?/m0/s1. The SMILES string of the molecule is CS(=O)c1cc(O)cc([S@](C)=O)c1. The van der Waals surface area contributed by atoms with Crippen LogP contribution in [0.5, 0.6) is 5.75 Å². The van der Waals surface area contributed by atoms with E-state index in [-0.39, 0.29) is 5.75 Å². The third-order valence-electron chi connectivity index (χ3n) is 1.53. The first kappa shape index (κ1) is 10.4. The monoisotopic (exact) mass is 218 g/mol. The molecule has 0 aliphatic heterocycles. The van der Waals surface area contributed by atoms with Gasteiger partial charge in [0, 0.05) is 43.9 Å². The maximum Gasteiger partial charge on any atom is 0.117 e. The molecule has 72 valence electrons. The van der Waals surface area contributed by atoms with Crippen LogP contribution in [0, 0.1) is 0 Å². The molecule has 0 aliphatic carbocycles. The predicted molar refractivity (Wildman–Crippen MR) is 52.8 cm³/mol. The van der Waals surface area contributed by atoms with Crippen LogP contribution in [0.4, 0.5) is 0 Å². The number of aromatic hydroxyl groups is 1. The molecule has 1 rings (SSSR count). The molecule has 5 heteroatoms. The van der Waals surface area contributed by atoms with E-state index in [4.69, 9.17) is 0 Å². The quantitative estimate of drug-likeness (QED) is 0.801. The van der Waals surface area contributed by atoms with E-state index in [1.807, 2.05) is 0 Å². The summed E-state index contributed by atoms with van der Waals surface area (Å²) in [6.45, 7) is 0. The van der Waals surface area contributed by atoms with E-state index in [2.05, 4.69) is 0 Å². The van der Waals surface area contributed by atoms with Crippen LogP contribution in [-0.2, 0) is 21.6 Å². The van der Waals surface area contributed by atoms with Crippen molar-refractivity contribution in [2.75, 3.05) is 12.5 Å². The lowest BCUT2D eigenvalue weighted by atomic mass is 10.3. The summed E-state index contributed by atoms with van der Waals surface area (Å²) in [6, 6.07) is 4.39. The van der Waals surface area contributed by atoms with E-state index in [1.165, 1.54) is 24.6 Å². The molecule has 0 saturated heterocycles. The number of benzene rings is 1. The summed E-state index contributed by atoms with van der Waals surface area (Å²) in [4.78, 5) is 0.982. The van der Waals surface area contributed by atoms with E-state index >= 15 is 0 Å². The highest BCUT2D eigenvalue weighted by atomic mass is 32.2. The van der Waals surface area contributed by atoms with Crippen LogP contribution >= 0.6 is 0 Å². The van der Waals surface area contributed by atoms with Gasteiger partial charge in [0.2, 0.25) is 0 Å². The van der Waals surface area contributed by atoms with Crippen LogP contribution in [0.1, 0.15) is 0 Å². The fraction of sp³-hybridized carbons (Fsp3) is 0.250. The second kappa shape index (κ2) is 4.02. The molecule has 1 aromatic carbocycles. The Bertz CT molecular complexity index is 341. The van der Waals surface area contributed by atoms with Crippen molar-refractivity contribution < 1.29 is 13.5 Å². The Balaban J connectivity index is 3.26. The van der Waals surface area contributed by atoms with E-state index in [0.717, 1.165) is 0 Å². The normalized spacial score (nSPS) is 15.2. The molecule has 1 aromatic rings. The molecule has 0 spiro atoms. The molecule has 0 bridgehead atoms. The lowest BCUT2D eigenvalue weighted by Gasteiger charge is -2.01. The fourth-order valence-corrected chi connectivity index (χ4v) is 2.12. The van der Waals surface area contributed by atoms with Gasteiger partial charge in [0.25, 0.3) is 0 Å². The number of phenolic OH excluding ortho intramolecular Hbond substituents is 1. The van der Waals surface area contributed by atoms with Crippen molar-refractivity contribution in [3.8, 4) is 5.75 Å². The molecular formula is C8H10O3S2. The molecule has 1 N–H and O–H groups in total. The van der Waals surface area contributed by atoms with Gasteiger partial charge in [-0.05, 0) is 18.2 Å². The smallest absolute Gasteiger partial charge is 0.117 e. The van der Waals surface area contributed by atoms with Gasteiger partial charge in [-0.25, -0.2) is 0 Å². The van der Waals surface area contributed by atoms with Crippen molar-refractivity contribution in [2.45, 2.75) is 9.79 Å². The first-order valence-corrected chi connectivity index (χ1v) is 6.63. The molecule has 0 aliphatic rings. The maximum atomic E-state index is 11.1. The molecule has 3 nitrogen and oxygen atoms in total. The minimum absolute atomic E-state index is 0.00194. The van der Waals surface area contributed by atoms with Gasteiger partial charge in [-0.1, -0.05) is 0 Å². The molecule has 13 heavy (non-hydrogen) atoms. The van der Waals surface area contributed by atoms with Gasteiger partial charge in [0.05, 0.1) is 0 Å². The summed E-state index contributed by atoms with van der Waals surface area (Å²) in [5.41, 5.74) is 0. The van der Waals surface area contributed by atoms with Crippen molar-refractivity contribution in [1.82, 2.24) is 0 Å². The zero-order valence-electron chi connectivity index (χ0n) is 7.31. The van der Waals surface area contributed by atoms with E-state index in [0.29, 0.717) is 9.79 Å². The van der Waals surface area contributed by atoms with Crippen LogP contribution in [0.3, 0.4) is 0 Å². The second-order valence-electron chi connectivity index (χ2n) is 2.57. The van der Waals surface area contributed by atoms with Crippen molar-refractivity contribution in [3.05, 3.63) is 18.2 Å². The minimum atomic E-state index is -1.16. The second-order valence-corrected chi connectivity index (χ2v) is 5.33. The van der Waals surface area contributed by atoms with Gasteiger partial charge in [0.1, 0.15) is 5.75 Å². The average Bonchev–Trinajstić information content (AvgIpc) is 2.03. The van der Waals surface area contributed by atoms with E-state index in [1.54, 1.807) is 6.07 Å². The predicted octanol–water partition coefficient (Wildman–Crippen LogP) is 0.867. The summed E-state index contributed by atoms with van der Waals surface area (Å²) < 4.78 is 22.1. The third-order valence-corrected chi connectivity index (χ3v) is 3.33. The highest BCUT2D eigenvalue weighted by molar-refractivity contribution is 7.85. The molecule has 1 unspecified atom stereocenters. The number of phenols is 1. The summed E-state index contributed by atoms with van der Waals surface area (Å²) in [7, 11) is -2.32. The van der Waals surface area contributed by atoms with E-state index < -0.39 is 21.6 Å². The van der Waals surface area contributed by atoms with Crippen LogP contribution in [0.25, 0.3) is 0 Å². The summed E-state index contributed by atoms with van der Waals surface area (Å²) in [6.07, 6.45) is 3.02. The van der Waals surface area contributed by atoms with Crippen LogP contribution < -0.4 is 0 Å². The van der Waals surface area contributed by atoms with Gasteiger partial charge in [-0.2, -0.15) is 0 Å². The molecule has 0 radical (unpaired) electrons. The Morgan fingerprint density at radius 3 is 1.69 bits per heavy atom. The Labute approximate surface area is 81.7 Å². The molecule has 0 fully saturated rings. The largest absolute Gasteiger partial charge is 0.508 e. The van der Waals surface area contributed by atoms with Crippen molar-refractivity contribution in [1.29, 1.82) is 0 Å². The van der Waals surface area contributed by atoms with Gasteiger partial charge in [-0.3, -0.25) is 8.42 Å². The molecule has 0 heterocycles. The minimum Gasteiger partial charge on any atom is -0.508 e. The van der Waals surface area contributed by atoms with Crippen LogP contribution in [-0.4, -0.2) is 26.0 Å². The lowest BCUT2D eigenvalue weighted by Crippen LogP contribution is -1.92. The summed E-state index contributed by atoms with van der Waals surface area (Å²) >= 11 is 0. The topological polar surface area (TPSA) is 54.4 Å². The van der Waals surface area contributed by atoms with Gasteiger partial charge in [0.15, 0.2) is 0 Å². The lowest BCUT2D eigenvalue weighted by molar-refractivity contribution is 0.471. The molecular weight excluding hydrogens is 208 g/mol.